The number of nitrogens with zero attached hydrogens (tertiary/aromatic N) is 1. The van der Waals surface area contributed by atoms with Gasteiger partial charge in [-0.2, -0.15) is 0 Å². The maximum absolute atomic E-state index is 11.2. The lowest BCUT2D eigenvalue weighted by molar-refractivity contribution is 0.126. The Labute approximate surface area is 102 Å². The number of hydrogen-bond acceptors (Lipinski definition) is 3. The van der Waals surface area contributed by atoms with Crippen LogP contribution in [-0.2, 0) is 0 Å². The topological polar surface area (TPSA) is 73.5 Å². The third-order valence-corrected chi connectivity index (χ3v) is 2.73. The first kappa shape index (κ1) is 13.8. The van der Waals surface area contributed by atoms with Gasteiger partial charge in [0.05, 0.1) is 0 Å². The molecule has 0 aliphatic carbocycles. The van der Waals surface area contributed by atoms with Gasteiger partial charge in [-0.3, -0.25) is 10.2 Å². The third kappa shape index (κ3) is 4.60. The zero-order chi connectivity index (χ0) is 12.7. The molecule has 1 rings (SSSR count). The van der Waals surface area contributed by atoms with Gasteiger partial charge in [0.25, 0.3) is 0 Å². The summed E-state index contributed by atoms with van der Waals surface area (Å²) < 4.78 is 0. The lowest BCUT2D eigenvalue weighted by Crippen LogP contribution is -2.67. The highest BCUT2D eigenvalue weighted by Gasteiger charge is 2.26. The van der Waals surface area contributed by atoms with Crippen molar-refractivity contribution in [2.24, 2.45) is 0 Å². The number of rotatable bonds is 7. The molecule has 6 heteroatoms. The van der Waals surface area contributed by atoms with E-state index in [0.717, 1.165) is 38.8 Å². The molecule has 1 aliphatic heterocycles. The summed E-state index contributed by atoms with van der Waals surface area (Å²) in [5.74, 6) is 0. The van der Waals surface area contributed by atoms with Crippen molar-refractivity contribution in [2.75, 3.05) is 13.1 Å². The van der Waals surface area contributed by atoms with E-state index in [1.807, 2.05) is 0 Å². The zero-order valence-corrected chi connectivity index (χ0v) is 10.6. The quantitative estimate of drug-likeness (QED) is 0.628. The second kappa shape index (κ2) is 7.11. The molecule has 0 radical (unpaired) electrons. The first-order valence-electron chi connectivity index (χ1n) is 6.29. The number of unbranched alkanes of at least 4 members (excludes halogenated alkanes) is 2. The van der Waals surface area contributed by atoms with Crippen molar-refractivity contribution in [3.05, 3.63) is 0 Å². The van der Waals surface area contributed by atoms with E-state index < -0.39 is 12.1 Å². The summed E-state index contributed by atoms with van der Waals surface area (Å²) in [6.07, 6.45) is 3.92. The largest absolute Gasteiger partial charge is 0.325 e. The van der Waals surface area contributed by atoms with Crippen LogP contribution in [0.3, 0.4) is 0 Å². The Morgan fingerprint density at radius 1 is 1.00 bits per heavy atom. The van der Waals surface area contributed by atoms with E-state index in [2.05, 4.69) is 34.7 Å². The van der Waals surface area contributed by atoms with Crippen LogP contribution in [0.15, 0.2) is 0 Å². The van der Waals surface area contributed by atoms with Gasteiger partial charge in [0.1, 0.15) is 0 Å². The lowest BCUT2D eigenvalue weighted by Gasteiger charge is -2.35. The van der Waals surface area contributed by atoms with E-state index in [4.69, 9.17) is 0 Å². The molecule has 1 fully saturated rings. The average molecular weight is 242 g/mol. The molecule has 0 saturated carbocycles. The molecule has 0 aromatic rings. The van der Waals surface area contributed by atoms with E-state index in [-0.39, 0.29) is 6.29 Å². The van der Waals surface area contributed by atoms with Gasteiger partial charge in [0.2, 0.25) is 0 Å². The number of urea groups is 2. The first-order chi connectivity index (χ1) is 8.17. The number of imide groups is 1. The molecule has 17 heavy (non-hydrogen) atoms. The molecule has 1 heterocycles. The smallest absolute Gasteiger partial charge is 0.305 e. The van der Waals surface area contributed by atoms with Gasteiger partial charge >= 0.3 is 12.1 Å². The van der Waals surface area contributed by atoms with Crippen LogP contribution in [0.5, 0.6) is 0 Å². The Morgan fingerprint density at radius 2 is 1.47 bits per heavy atom. The fraction of sp³-hybridized carbons (Fsp3) is 0.818. The van der Waals surface area contributed by atoms with Crippen molar-refractivity contribution in [1.29, 1.82) is 0 Å². The van der Waals surface area contributed by atoms with Crippen LogP contribution in [0.4, 0.5) is 9.59 Å². The Hall–Kier alpha value is -1.30. The molecule has 4 amide bonds. The molecule has 0 aromatic heterocycles. The van der Waals surface area contributed by atoms with Gasteiger partial charge in [-0.15, -0.1) is 0 Å². The van der Waals surface area contributed by atoms with Crippen molar-refractivity contribution >= 4 is 12.1 Å². The van der Waals surface area contributed by atoms with Crippen LogP contribution in [0, 0.1) is 0 Å². The van der Waals surface area contributed by atoms with E-state index in [0.29, 0.717) is 0 Å². The first-order valence-corrected chi connectivity index (χ1v) is 6.29. The minimum atomic E-state index is -0.434. The van der Waals surface area contributed by atoms with Crippen LogP contribution in [0.25, 0.3) is 0 Å². The van der Waals surface area contributed by atoms with Gasteiger partial charge in [0.15, 0.2) is 6.29 Å². The van der Waals surface area contributed by atoms with Gasteiger partial charge < -0.3 is 10.6 Å². The number of carbonyl (C=O) groups excluding carboxylic acids is 2. The Balaban J connectivity index is 2.53. The summed E-state index contributed by atoms with van der Waals surface area (Å²) in [5.41, 5.74) is 0. The van der Waals surface area contributed by atoms with Crippen molar-refractivity contribution in [1.82, 2.24) is 20.9 Å². The number of amides is 4. The molecule has 1 saturated heterocycles. The number of hydrogen-bond donors (Lipinski definition) is 3. The number of nitrogens with one attached hydrogen (secondary N) is 3. The minimum Gasteiger partial charge on any atom is -0.305 e. The second-order valence-corrected chi connectivity index (χ2v) is 4.22. The average Bonchev–Trinajstić information content (AvgIpc) is 2.28. The summed E-state index contributed by atoms with van der Waals surface area (Å²) in [5, 5.41) is 7.57. The van der Waals surface area contributed by atoms with E-state index in [1.54, 1.807) is 0 Å². The van der Waals surface area contributed by atoms with Crippen LogP contribution >= 0.6 is 0 Å². The summed E-state index contributed by atoms with van der Waals surface area (Å²) >= 11 is 0. The summed E-state index contributed by atoms with van der Waals surface area (Å²) in [4.78, 5) is 24.6. The van der Waals surface area contributed by atoms with Gasteiger partial charge in [0, 0.05) is 13.1 Å². The molecule has 6 nitrogen and oxygen atoms in total. The summed E-state index contributed by atoms with van der Waals surface area (Å²) in [6, 6.07) is -0.867. The van der Waals surface area contributed by atoms with Crippen LogP contribution in [-0.4, -0.2) is 36.3 Å². The van der Waals surface area contributed by atoms with E-state index in [9.17, 15) is 9.59 Å². The maximum atomic E-state index is 11.2. The molecule has 0 spiro atoms. The van der Waals surface area contributed by atoms with Gasteiger partial charge in [-0.05, 0) is 12.8 Å². The molecule has 3 N–H and O–H groups in total. The minimum absolute atomic E-state index is 0.380. The lowest BCUT2D eigenvalue weighted by atomic mass is 10.2. The van der Waals surface area contributed by atoms with Crippen molar-refractivity contribution in [3.63, 3.8) is 0 Å². The third-order valence-electron chi connectivity index (χ3n) is 2.73. The van der Waals surface area contributed by atoms with Gasteiger partial charge in [-0.25, -0.2) is 9.59 Å². The van der Waals surface area contributed by atoms with Crippen molar-refractivity contribution < 1.29 is 9.59 Å². The van der Waals surface area contributed by atoms with Crippen LogP contribution in [0.1, 0.15) is 39.5 Å². The fourth-order valence-electron chi connectivity index (χ4n) is 1.73. The molecule has 0 atom stereocenters. The molecular weight excluding hydrogens is 220 g/mol. The molecule has 98 valence electrons. The van der Waals surface area contributed by atoms with E-state index in [1.165, 1.54) is 0 Å². The standard InChI is InChI=1S/C11H22N4O2/c1-3-5-7-15(8-6-4-2)9-12-10(16)14-11(17)13-9/h9H,3-8H2,1-2H3,(H3,12,13,14,16,17). The molecule has 1 aliphatic rings. The van der Waals surface area contributed by atoms with Crippen molar-refractivity contribution in [3.8, 4) is 0 Å². The molecular formula is C11H22N4O2. The highest BCUT2D eigenvalue weighted by Crippen LogP contribution is 2.03. The summed E-state index contributed by atoms with van der Waals surface area (Å²) in [7, 11) is 0. The van der Waals surface area contributed by atoms with E-state index >= 15 is 0 Å². The van der Waals surface area contributed by atoms with Crippen LogP contribution < -0.4 is 16.0 Å². The fourth-order valence-corrected chi connectivity index (χ4v) is 1.73. The maximum Gasteiger partial charge on any atom is 0.325 e. The molecule has 0 aromatic carbocycles. The SMILES string of the molecule is CCCCN(CCCC)C1NC(=O)NC(=O)N1. The predicted molar refractivity (Wildman–Crippen MR) is 65.4 cm³/mol. The normalized spacial score (nSPS) is 16.6. The Morgan fingerprint density at radius 3 is 1.88 bits per heavy atom. The Kier molecular flexibility index (Phi) is 5.76. The highest BCUT2D eigenvalue weighted by atomic mass is 16.2. The highest BCUT2D eigenvalue weighted by molar-refractivity contribution is 5.95. The number of carbonyl (C=O) groups is 2. The zero-order valence-electron chi connectivity index (χ0n) is 10.6. The summed E-state index contributed by atoms with van der Waals surface area (Å²) in [6.45, 7) is 6.00. The van der Waals surface area contributed by atoms with Crippen LogP contribution in [0.2, 0.25) is 0 Å². The second-order valence-electron chi connectivity index (χ2n) is 4.22. The monoisotopic (exact) mass is 242 g/mol. The van der Waals surface area contributed by atoms with Gasteiger partial charge in [-0.1, -0.05) is 26.7 Å². The Bertz CT molecular complexity index is 246. The predicted octanol–water partition coefficient (Wildman–Crippen LogP) is 1.19. The van der Waals surface area contributed by atoms with Crippen molar-refractivity contribution in [2.45, 2.75) is 45.8 Å². The molecule has 0 bridgehead atoms. The molecule has 0 unspecified atom stereocenters.